The molecule has 0 aliphatic carbocycles. The highest BCUT2D eigenvalue weighted by Crippen LogP contribution is 1.92. The molecule has 0 aliphatic heterocycles. The van der Waals surface area contributed by atoms with E-state index < -0.39 is 18.0 Å². The number of allylic oxidation sites excluding steroid dienone is 1. The third kappa shape index (κ3) is 4.84. The first-order valence-corrected chi connectivity index (χ1v) is 3.73. The molecule has 0 spiro atoms. The van der Waals surface area contributed by atoms with Gasteiger partial charge in [-0.15, -0.1) is 0 Å². The van der Waals surface area contributed by atoms with Crippen LogP contribution in [0.1, 0.15) is 13.8 Å². The molecule has 0 aromatic rings. The van der Waals surface area contributed by atoms with Crippen molar-refractivity contribution in [3.63, 3.8) is 0 Å². The summed E-state index contributed by atoms with van der Waals surface area (Å²) in [4.78, 5) is 21.1. The molecule has 0 radical (unpaired) electrons. The Morgan fingerprint density at radius 2 is 2.08 bits per heavy atom. The van der Waals surface area contributed by atoms with Crippen LogP contribution < -0.4 is 5.32 Å². The maximum atomic E-state index is 10.7. The molecule has 0 saturated carbocycles. The lowest BCUT2D eigenvalue weighted by atomic mass is 10.3. The molecule has 0 fully saturated rings. The van der Waals surface area contributed by atoms with Crippen LogP contribution in [0.25, 0.3) is 0 Å². The fourth-order valence-corrected chi connectivity index (χ4v) is 0.681. The van der Waals surface area contributed by atoms with Crippen molar-refractivity contribution in [3.8, 4) is 0 Å². The first-order chi connectivity index (χ1) is 5.97. The van der Waals surface area contributed by atoms with Crippen LogP contribution in [-0.2, 0) is 14.3 Å². The summed E-state index contributed by atoms with van der Waals surface area (Å²) in [5, 5.41) is 11.1. The minimum Gasteiger partial charge on any atom is -0.480 e. The molecule has 0 unspecified atom stereocenters. The zero-order valence-corrected chi connectivity index (χ0v) is 7.83. The molecule has 0 aromatic carbocycles. The third-order valence-corrected chi connectivity index (χ3v) is 1.35. The SMILES string of the molecule is COC(=O)/C=C(/C)N[C@@H](C)C(=O)O. The second kappa shape index (κ2) is 5.18. The summed E-state index contributed by atoms with van der Waals surface area (Å²) in [6.45, 7) is 3.08. The van der Waals surface area contributed by atoms with Gasteiger partial charge in [0.15, 0.2) is 0 Å². The molecule has 2 N–H and O–H groups in total. The summed E-state index contributed by atoms with van der Waals surface area (Å²) < 4.78 is 4.36. The van der Waals surface area contributed by atoms with Gasteiger partial charge in [0, 0.05) is 11.8 Å². The molecule has 0 saturated heterocycles. The Balaban J connectivity index is 4.13. The van der Waals surface area contributed by atoms with E-state index in [0.717, 1.165) is 0 Å². The minimum absolute atomic E-state index is 0.460. The quantitative estimate of drug-likeness (QED) is 0.483. The highest BCUT2D eigenvalue weighted by atomic mass is 16.5. The number of nitrogens with one attached hydrogen (secondary N) is 1. The average Bonchev–Trinajstić information content (AvgIpc) is 2.03. The Bertz CT molecular complexity index is 234. The second-order valence-corrected chi connectivity index (χ2v) is 2.55. The van der Waals surface area contributed by atoms with Crippen LogP contribution in [0.15, 0.2) is 11.8 Å². The van der Waals surface area contributed by atoms with E-state index in [2.05, 4.69) is 10.1 Å². The van der Waals surface area contributed by atoms with Crippen molar-refractivity contribution in [1.82, 2.24) is 5.32 Å². The molecular formula is C8H13NO4. The number of hydrogen-bond donors (Lipinski definition) is 2. The average molecular weight is 187 g/mol. The maximum absolute atomic E-state index is 10.7. The van der Waals surface area contributed by atoms with Crippen molar-refractivity contribution in [2.75, 3.05) is 7.11 Å². The van der Waals surface area contributed by atoms with E-state index in [1.165, 1.54) is 20.1 Å². The van der Waals surface area contributed by atoms with E-state index in [1.54, 1.807) is 6.92 Å². The van der Waals surface area contributed by atoms with Gasteiger partial charge in [0.05, 0.1) is 7.11 Å². The number of carboxylic acid groups (broad SMARTS) is 1. The summed E-state index contributed by atoms with van der Waals surface area (Å²) in [6, 6.07) is -0.721. The summed E-state index contributed by atoms with van der Waals surface area (Å²) in [5.41, 5.74) is 0.460. The first kappa shape index (κ1) is 11.5. The second-order valence-electron chi connectivity index (χ2n) is 2.55. The lowest BCUT2D eigenvalue weighted by Crippen LogP contribution is -2.32. The van der Waals surface area contributed by atoms with E-state index >= 15 is 0 Å². The van der Waals surface area contributed by atoms with Gasteiger partial charge < -0.3 is 15.2 Å². The van der Waals surface area contributed by atoms with Gasteiger partial charge in [-0.3, -0.25) is 4.79 Å². The first-order valence-electron chi connectivity index (χ1n) is 3.73. The van der Waals surface area contributed by atoms with E-state index in [-0.39, 0.29) is 0 Å². The van der Waals surface area contributed by atoms with Crippen molar-refractivity contribution in [1.29, 1.82) is 0 Å². The van der Waals surface area contributed by atoms with Gasteiger partial charge in [-0.25, -0.2) is 4.79 Å². The van der Waals surface area contributed by atoms with Crippen LogP contribution in [0.4, 0.5) is 0 Å². The molecule has 0 aliphatic rings. The predicted molar refractivity (Wildman–Crippen MR) is 46.0 cm³/mol. The standard InChI is InChI=1S/C8H13NO4/c1-5(4-7(10)13-3)9-6(2)8(11)12/h4,6,9H,1-3H3,(H,11,12)/b5-4-/t6-/m0/s1. The number of esters is 1. The van der Waals surface area contributed by atoms with Crippen LogP contribution in [0, 0.1) is 0 Å². The third-order valence-electron chi connectivity index (χ3n) is 1.35. The van der Waals surface area contributed by atoms with Gasteiger partial charge in [-0.2, -0.15) is 0 Å². The minimum atomic E-state index is -0.974. The Kier molecular flexibility index (Phi) is 4.58. The summed E-state index contributed by atoms with van der Waals surface area (Å²) in [7, 11) is 1.26. The predicted octanol–water partition coefficient (Wildman–Crippen LogP) is 0.126. The fraction of sp³-hybridized carbons (Fsp3) is 0.500. The number of hydrogen-bond acceptors (Lipinski definition) is 4. The Morgan fingerprint density at radius 1 is 1.54 bits per heavy atom. The number of carboxylic acids is 1. The maximum Gasteiger partial charge on any atom is 0.332 e. The van der Waals surface area contributed by atoms with Crippen molar-refractivity contribution < 1.29 is 19.4 Å². The molecule has 0 aromatic heterocycles. The van der Waals surface area contributed by atoms with Gasteiger partial charge in [-0.1, -0.05) is 0 Å². The number of aliphatic carboxylic acids is 1. The van der Waals surface area contributed by atoms with Crippen molar-refractivity contribution in [3.05, 3.63) is 11.8 Å². The van der Waals surface area contributed by atoms with Gasteiger partial charge in [0.25, 0.3) is 0 Å². The highest BCUT2D eigenvalue weighted by molar-refractivity contribution is 5.82. The number of carbonyl (C=O) groups is 2. The molecule has 74 valence electrons. The Morgan fingerprint density at radius 3 is 2.46 bits per heavy atom. The summed E-state index contributed by atoms with van der Waals surface area (Å²) in [5.74, 6) is -1.49. The number of rotatable bonds is 4. The molecule has 0 rings (SSSR count). The van der Waals surface area contributed by atoms with E-state index in [0.29, 0.717) is 5.70 Å². The van der Waals surface area contributed by atoms with Crippen molar-refractivity contribution in [2.24, 2.45) is 0 Å². The topological polar surface area (TPSA) is 75.6 Å². The number of methoxy groups -OCH3 is 1. The van der Waals surface area contributed by atoms with Gasteiger partial charge >= 0.3 is 11.9 Å². The molecule has 5 heteroatoms. The number of ether oxygens (including phenoxy) is 1. The molecule has 0 heterocycles. The van der Waals surface area contributed by atoms with Crippen LogP contribution in [0.2, 0.25) is 0 Å². The normalized spacial score (nSPS) is 13.3. The zero-order valence-electron chi connectivity index (χ0n) is 7.83. The molecule has 1 atom stereocenters. The van der Waals surface area contributed by atoms with E-state index in [9.17, 15) is 9.59 Å². The van der Waals surface area contributed by atoms with Crippen molar-refractivity contribution >= 4 is 11.9 Å². The smallest absolute Gasteiger partial charge is 0.332 e. The zero-order chi connectivity index (χ0) is 10.4. The van der Waals surface area contributed by atoms with Crippen LogP contribution >= 0.6 is 0 Å². The number of carbonyl (C=O) groups excluding carboxylic acids is 1. The van der Waals surface area contributed by atoms with Crippen LogP contribution in [-0.4, -0.2) is 30.2 Å². The summed E-state index contributed by atoms with van der Waals surface area (Å²) >= 11 is 0. The molecule has 0 amide bonds. The van der Waals surface area contributed by atoms with E-state index in [4.69, 9.17) is 5.11 Å². The monoisotopic (exact) mass is 187 g/mol. The highest BCUT2D eigenvalue weighted by Gasteiger charge is 2.09. The van der Waals surface area contributed by atoms with Crippen LogP contribution in [0.5, 0.6) is 0 Å². The largest absolute Gasteiger partial charge is 0.480 e. The lowest BCUT2D eigenvalue weighted by molar-refractivity contribution is -0.139. The fourth-order valence-electron chi connectivity index (χ4n) is 0.681. The Labute approximate surface area is 76.4 Å². The van der Waals surface area contributed by atoms with Crippen LogP contribution in [0.3, 0.4) is 0 Å². The van der Waals surface area contributed by atoms with Gasteiger partial charge in [-0.05, 0) is 13.8 Å². The molecule has 5 nitrogen and oxygen atoms in total. The lowest BCUT2D eigenvalue weighted by Gasteiger charge is -2.09. The molecule has 0 bridgehead atoms. The Hall–Kier alpha value is -1.52. The summed E-state index contributed by atoms with van der Waals surface area (Å²) in [6.07, 6.45) is 1.19. The van der Waals surface area contributed by atoms with Gasteiger partial charge in [0.2, 0.25) is 0 Å². The van der Waals surface area contributed by atoms with E-state index in [1.807, 2.05) is 0 Å². The molecule has 13 heavy (non-hydrogen) atoms. The molecular weight excluding hydrogens is 174 g/mol. The van der Waals surface area contributed by atoms with Crippen molar-refractivity contribution in [2.45, 2.75) is 19.9 Å². The van der Waals surface area contributed by atoms with Gasteiger partial charge in [0.1, 0.15) is 6.04 Å².